The molecular weight excluding hydrogens is 414 g/mol. The maximum atomic E-state index is 12.5. The molecule has 1 heterocycles. The van der Waals surface area contributed by atoms with Crippen LogP contribution in [-0.2, 0) is 14.3 Å². The number of Topliss-reactive ketones (excluding diaryl/α,β-unsaturated/α-hetero) is 1. The number of ketones is 1. The van der Waals surface area contributed by atoms with Gasteiger partial charge >= 0.3 is 12.1 Å². The third-order valence-electron chi connectivity index (χ3n) is 4.23. The van der Waals surface area contributed by atoms with Gasteiger partial charge < -0.3 is 9.47 Å². The molecule has 2 atom stereocenters. The fraction of sp³-hybridized carbons (Fsp3) is 0.550. The second kappa shape index (κ2) is 8.87. The van der Waals surface area contributed by atoms with E-state index < -0.39 is 23.7 Å². The number of rotatable bonds is 4. The zero-order valence-electron chi connectivity index (χ0n) is 16.2. The van der Waals surface area contributed by atoms with Crippen molar-refractivity contribution in [2.24, 2.45) is 5.92 Å². The molecule has 7 heteroatoms. The van der Waals surface area contributed by atoms with Crippen molar-refractivity contribution >= 4 is 33.8 Å². The van der Waals surface area contributed by atoms with Gasteiger partial charge in [-0.25, -0.2) is 9.59 Å². The highest BCUT2D eigenvalue weighted by Gasteiger charge is 2.38. The van der Waals surface area contributed by atoms with Crippen molar-refractivity contribution in [3.63, 3.8) is 0 Å². The van der Waals surface area contributed by atoms with Gasteiger partial charge in [0.25, 0.3) is 0 Å². The van der Waals surface area contributed by atoms with Crippen molar-refractivity contribution in [3.8, 4) is 0 Å². The van der Waals surface area contributed by atoms with E-state index in [4.69, 9.17) is 9.47 Å². The number of hydrogen-bond acceptors (Lipinski definition) is 5. The summed E-state index contributed by atoms with van der Waals surface area (Å²) >= 11 is 3.31. The molecule has 0 radical (unpaired) electrons. The predicted molar refractivity (Wildman–Crippen MR) is 105 cm³/mol. The van der Waals surface area contributed by atoms with Crippen LogP contribution in [0.3, 0.4) is 0 Å². The lowest BCUT2D eigenvalue weighted by molar-refractivity contribution is -0.150. The lowest BCUT2D eigenvalue weighted by atomic mass is 9.94. The zero-order valence-corrected chi connectivity index (χ0v) is 17.7. The van der Waals surface area contributed by atoms with Crippen molar-refractivity contribution in [3.05, 3.63) is 34.3 Å². The minimum absolute atomic E-state index is 0.269. The van der Waals surface area contributed by atoms with E-state index in [1.807, 2.05) is 6.92 Å². The number of piperidine rings is 1. The number of amides is 1. The molecule has 27 heavy (non-hydrogen) atoms. The molecule has 0 aromatic heterocycles. The molecule has 0 bridgehead atoms. The van der Waals surface area contributed by atoms with E-state index in [0.29, 0.717) is 18.5 Å². The van der Waals surface area contributed by atoms with E-state index in [-0.39, 0.29) is 18.3 Å². The van der Waals surface area contributed by atoms with Crippen LogP contribution in [0, 0.1) is 5.92 Å². The summed E-state index contributed by atoms with van der Waals surface area (Å²) in [6.45, 7) is 7.44. The minimum atomic E-state index is -0.728. The molecule has 1 saturated heterocycles. The monoisotopic (exact) mass is 439 g/mol. The van der Waals surface area contributed by atoms with Crippen molar-refractivity contribution in [2.75, 3.05) is 13.2 Å². The number of likely N-dealkylation sites (tertiary alicyclic amines) is 1. The fourth-order valence-corrected chi connectivity index (χ4v) is 3.14. The van der Waals surface area contributed by atoms with Gasteiger partial charge in [-0.3, -0.25) is 9.69 Å². The molecule has 1 aliphatic heterocycles. The van der Waals surface area contributed by atoms with Gasteiger partial charge in [0.15, 0.2) is 12.4 Å². The summed E-state index contributed by atoms with van der Waals surface area (Å²) in [4.78, 5) is 38.7. The fourth-order valence-electron chi connectivity index (χ4n) is 2.87. The topological polar surface area (TPSA) is 72.9 Å². The first-order valence-corrected chi connectivity index (χ1v) is 9.81. The summed E-state index contributed by atoms with van der Waals surface area (Å²) in [6.07, 6.45) is 0.765. The van der Waals surface area contributed by atoms with E-state index >= 15 is 0 Å². The first-order chi connectivity index (χ1) is 12.6. The van der Waals surface area contributed by atoms with Gasteiger partial charge in [-0.15, -0.1) is 0 Å². The van der Waals surface area contributed by atoms with Crippen molar-refractivity contribution in [1.29, 1.82) is 0 Å². The Bertz CT molecular complexity index is 695. The van der Waals surface area contributed by atoms with E-state index in [9.17, 15) is 14.4 Å². The Morgan fingerprint density at radius 1 is 1.15 bits per heavy atom. The third kappa shape index (κ3) is 6.34. The SMILES string of the molecule is CC1CC[C@@H](C(=O)OCC(=O)c2ccc(Br)cc2)N(C(=O)OC(C)(C)C)C1. The first-order valence-electron chi connectivity index (χ1n) is 9.02. The van der Waals surface area contributed by atoms with Crippen LogP contribution in [0.1, 0.15) is 50.9 Å². The van der Waals surface area contributed by atoms with Crippen LogP contribution in [0.4, 0.5) is 4.79 Å². The predicted octanol–water partition coefficient (Wildman–Crippen LogP) is 4.21. The quantitative estimate of drug-likeness (QED) is 0.518. The number of esters is 1. The van der Waals surface area contributed by atoms with Crippen LogP contribution >= 0.6 is 15.9 Å². The second-order valence-electron chi connectivity index (χ2n) is 7.87. The van der Waals surface area contributed by atoms with E-state index in [2.05, 4.69) is 15.9 Å². The van der Waals surface area contributed by atoms with Crippen LogP contribution in [0.25, 0.3) is 0 Å². The summed E-state index contributed by atoms with van der Waals surface area (Å²) < 4.78 is 11.5. The molecule has 0 N–H and O–H groups in total. The summed E-state index contributed by atoms with van der Waals surface area (Å²) in [5.41, 5.74) is -0.184. The van der Waals surface area contributed by atoms with Crippen LogP contribution in [0.2, 0.25) is 0 Å². The third-order valence-corrected chi connectivity index (χ3v) is 4.76. The Labute approximate surface area is 168 Å². The maximum Gasteiger partial charge on any atom is 0.411 e. The summed E-state index contributed by atoms with van der Waals surface area (Å²) in [5.74, 6) is -0.590. The Morgan fingerprint density at radius 3 is 2.37 bits per heavy atom. The molecule has 2 rings (SSSR count). The largest absolute Gasteiger partial charge is 0.456 e. The molecule has 1 aromatic rings. The number of carbonyl (C=O) groups excluding carboxylic acids is 3. The molecule has 148 valence electrons. The first kappa shape index (κ1) is 21.4. The second-order valence-corrected chi connectivity index (χ2v) is 8.78. The van der Waals surface area contributed by atoms with Gasteiger partial charge in [0.1, 0.15) is 11.6 Å². The number of carbonyl (C=O) groups is 3. The number of hydrogen-bond donors (Lipinski definition) is 0. The molecule has 1 fully saturated rings. The normalized spacial score (nSPS) is 20.1. The van der Waals surface area contributed by atoms with Gasteiger partial charge in [0.2, 0.25) is 0 Å². The molecule has 0 aliphatic carbocycles. The van der Waals surface area contributed by atoms with Crippen LogP contribution in [0.15, 0.2) is 28.7 Å². The summed E-state index contributed by atoms with van der Waals surface area (Å²) in [5, 5.41) is 0. The Morgan fingerprint density at radius 2 is 1.78 bits per heavy atom. The molecule has 1 aromatic carbocycles. The standard InChI is InChI=1S/C20H26BrNO5/c1-13-5-10-16(22(11-13)19(25)27-20(2,3)4)18(24)26-12-17(23)14-6-8-15(21)9-7-14/h6-9,13,16H,5,10-12H2,1-4H3/t13?,16-/m0/s1. The van der Waals surface area contributed by atoms with Gasteiger partial charge in [0, 0.05) is 16.6 Å². The minimum Gasteiger partial charge on any atom is -0.456 e. The van der Waals surface area contributed by atoms with E-state index in [0.717, 1.165) is 10.9 Å². The van der Waals surface area contributed by atoms with Gasteiger partial charge in [-0.05, 0) is 51.7 Å². The van der Waals surface area contributed by atoms with E-state index in [1.54, 1.807) is 45.0 Å². The van der Waals surface area contributed by atoms with Crippen molar-refractivity contribution < 1.29 is 23.9 Å². The molecule has 6 nitrogen and oxygen atoms in total. The summed E-state index contributed by atoms with van der Waals surface area (Å²) in [6, 6.07) is 6.10. The lowest BCUT2D eigenvalue weighted by Gasteiger charge is -2.37. The molecule has 1 aliphatic rings. The summed E-state index contributed by atoms with van der Waals surface area (Å²) in [7, 11) is 0. The van der Waals surface area contributed by atoms with Gasteiger partial charge in [0.05, 0.1) is 0 Å². The van der Waals surface area contributed by atoms with Crippen LogP contribution < -0.4 is 0 Å². The molecular formula is C20H26BrNO5. The van der Waals surface area contributed by atoms with E-state index in [1.165, 1.54) is 4.90 Å². The zero-order chi connectivity index (χ0) is 20.2. The van der Waals surface area contributed by atoms with Gasteiger partial charge in [-0.1, -0.05) is 35.0 Å². The highest BCUT2D eigenvalue weighted by molar-refractivity contribution is 9.10. The molecule has 0 saturated carbocycles. The van der Waals surface area contributed by atoms with Gasteiger partial charge in [-0.2, -0.15) is 0 Å². The van der Waals surface area contributed by atoms with Crippen LogP contribution in [-0.4, -0.2) is 47.5 Å². The Kier molecular flexibility index (Phi) is 7.03. The van der Waals surface area contributed by atoms with Crippen molar-refractivity contribution in [2.45, 2.75) is 52.2 Å². The van der Waals surface area contributed by atoms with Crippen LogP contribution in [0.5, 0.6) is 0 Å². The lowest BCUT2D eigenvalue weighted by Crippen LogP contribution is -2.52. The highest BCUT2D eigenvalue weighted by atomic mass is 79.9. The smallest absolute Gasteiger partial charge is 0.411 e. The Hall–Kier alpha value is -1.89. The van der Waals surface area contributed by atoms with Crippen molar-refractivity contribution in [1.82, 2.24) is 4.90 Å². The average Bonchev–Trinajstić information content (AvgIpc) is 2.58. The molecule has 1 unspecified atom stereocenters. The number of nitrogens with zero attached hydrogens (tertiary/aromatic N) is 1. The molecule has 1 amide bonds. The molecule has 0 spiro atoms. The number of halogens is 1. The Balaban J connectivity index is 2.00. The number of ether oxygens (including phenoxy) is 2. The maximum absolute atomic E-state index is 12.5. The average molecular weight is 440 g/mol. The number of benzene rings is 1. The highest BCUT2D eigenvalue weighted by Crippen LogP contribution is 2.25.